The molecule has 0 aliphatic heterocycles. The van der Waals surface area contributed by atoms with E-state index in [9.17, 15) is 18.0 Å². The zero-order valence-corrected chi connectivity index (χ0v) is 14.5. The molecule has 7 heteroatoms. The van der Waals surface area contributed by atoms with Crippen molar-refractivity contribution in [2.24, 2.45) is 0 Å². The van der Waals surface area contributed by atoms with Gasteiger partial charge in [0, 0.05) is 23.7 Å². The van der Waals surface area contributed by atoms with Crippen molar-refractivity contribution in [2.75, 3.05) is 7.05 Å². The second-order valence-corrected chi connectivity index (χ2v) is 6.33. The van der Waals surface area contributed by atoms with E-state index >= 15 is 0 Å². The van der Waals surface area contributed by atoms with E-state index in [1.54, 1.807) is 45.2 Å². The largest absolute Gasteiger partial charge is 0.431 e. The maximum absolute atomic E-state index is 13.3. The number of hydrogen-bond donors (Lipinski definition) is 1. The van der Waals surface area contributed by atoms with Gasteiger partial charge in [0.1, 0.15) is 11.4 Å². The van der Waals surface area contributed by atoms with Crippen LogP contribution in [-0.4, -0.2) is 28.9 Å². The first-order valence-corrected chi connectivity index (χ1v) is 7.74. The van der Waals surface area contributed by atoms with Crippen LogP contribution in [0.3, 0.4) is 0 Å². The minimum atomic E-state index is -4.57. The molecule has 3 nitrogen and oxygen atoms in total. The average Bonchev–Trinajstić information content (AvgIpc) is 2.84. The molecular weight excluding hydrogens is 341 g/mol. The zero-order valence-electron chi connectivity index (χ0n) is 13.8. The monoisotopic (exact) mass is 358 g/mol. The third-order valence-electron chi connectivity index (χ3n) is 3.98. The van der Waals surface area contributed by atoms with Gasteiger partial charge in [-0.05, 0) is 44.0 Å². The molecule has 1 aromatic heterocycles. The number of halogens is 4. The Morgan fingerprint density at radius 3 is 2.21 bits per heavy atom. The van der Waals surface area contributed by atoms with Crippen molar-refractivity contribution in [3.8, 4) is 11.1 Å². The molecule has 1 aromatic carbocycles. The fourth-order valence-corrected chi connectivity index (χ4v) is 2.55. The smallest absolute Gasteiger partial charge is 0.346 e. The molecule has 0 atom stereocenters. The summed E-state index contributed by atoms with van der Waals surface area (Å²) in [5.74, 6) is -0.492. The van der Waals surface area contributed by atoms with E-state index < -0.39 is 17.8 Å². The van der Waals surface area contributed by atoms with Crippen LogP contribution in [0, 0.1) is 6.92 Å². The topological polar surface area (TPSA) is 36.1 Å². The lowest BCUT2D eigenvalue weighted by atomic mass is 10.00. The van der Waals surface area contributed by atoms with Crippen molar-refractivity contribution in [3.05, 3.63) is 46.2 Å². The molecule has 2 rings (SSSR count). The second-order valence-electron chi connectivity index (χ2n) is 5.89. The van der Waals surface area contributed by atoms with Gasteiger partial charge in [-0.2, -0.15) is 13.2 Å². The predicted octanol–water partition coefficient (Wildman–Crippen LogP) is 5.14. The highest BCUT2D eigenvalue weighted by Gasteiger charge is 2.38. The van der Waals surface area contributed by atoms with Gasteiger partial charge in [0.25, 0.3) is 5.91 Å². The van der Waals surface area contributed by atoms with Crippen LogP contribution in [0.15, 0.2) is 24.3 Å². The van der Waals surface area contributed by atoms with Gasteiger partial charge in [-0.1, -0.05) is 23.7 Å². The van der Waals surface area contributed by atoms with Gasteiger partial charge in [-0.25, -0.2) is 0 Å². The summed E-state index contributed by atoms with van der Waals surface area (Å²) in [7, 11) is 1.56. The molecule has 0 radical (unpaired) electrons. The van der Waals surface area contributed by atoms with E-state index in [0.29, 0.717) is 10.6 Å². The Bertz CT molecular complexity index is 748. The summed E-state index contributed by atoms with van der Waals surface area (Å²) in [5, 5.41) is 0.468. The van der Waals surface area contributed by atoms with E-state index in [4.69, 9.17) is 11.6 Å². The van der Waals surface area contributed by atoms with Crippen molar-refractivity contribution in [1.82, 2.24) is 9.88 Å². The molecule has 0 aliphatic carbocycles. The van der Waals surface area contributed by atoms with E-state index in [-0.39, 0.29) is 22.9 Å². The van der Waals surface area contributed by atoms with Crippen molar-refractivity contribution in [3.63, 3.8) is 0 Å². The van der Waals surface area contributed by atoms with Gasteiger partial charge >= 0.3 is 6.18 Å². The first-order chi connectivity index (χ1) is 11.0. The van der Waals surface area contributed by atoms with Crippen LogP contribution >= 0.6 is 11.6 Å². The number of H-pyrrole nitrogens is 1. The lowest BCUT2D eigenvalue weighted by molar-refractivity contribution is -0.141. The SMILES string of the molecule is Cc1c(C(F)(F)F)[nH]c(C(=O)N(C)C(C)C)c1-c1ccc(Cl)cc1. The maximum atomic E-state index is 13.3. The number of hydrogen-bond acceptors (Lipinski definition) is 1. The molecule has 0 unspecified atom stereocenters. The molecule has 0 saturated carbocycles. The Morgan fingerprint density at radius 2 is 1.75 bits per heavy atom. The zero-order chi connectivity index (χ0) is 18.2. The summed E-state index contributed by atoms with van der Waals surface area (Å²) in [6, 6.07) is 6.22. The Hall–Kier alpha value is -1.95. The van der Waals surface area contributed by atoms with Gasteiger partial charge < -0.3 is 9.88 Å². The quantitative estimate of drug-likeness (QED) is 0.810. The van der Waals surface area contributed by atoms with E-state index in [2.05, 4.69) is 4.98 Å². The van der Waals surface area contributed by atoms with E-state index in [1.165, 1.54) is 11.8 Å². The first kappa shape index (κ1) is 18.4. The average molecular weight is 359 g/mol. The molecule has 0 saturated heterocycles. The number of carbonyl (C=O) groups is 1. The highest BCUT2D eigenvalue weighted by molar-refractivity contribution is 6.30. The fourth-order valence-electron chi connectivity index (χ4n) is 2.43. The second kappa shape index (κ2) is 6.51. The summed E-state index contributed by atoms with van der Waals surface area (Å²) >= 11 is 5.85. The number of aromatic nitrogens is 1. The third kappa shape index (κ3) is 3.43. The lowest BCUT2D eigenvalue weighted by Crippen LogP contribution is -2.33. The molecule has 1 heterocycles. The molecule has 2 aromatic rings. The van der Waals surface area contributed by atoms with Crippen molar-refractivity contribution < 1.29 is 18.0 Å². The molecule has 1 amide bonds. The Morgan fingerprint density at radius 1 is 1.21 bits per heavy atom. The summed E-state index contributed by atoms with van der Waals surface area (Å²) < 4.78 is 39.8. The molecule has 130 valence electrons. The summed E-state index contributed by atoms with van der Waals surface area (Å²) in [5.41, 5.74) is -0.239. The number of rotatable bonds is 3. The summed E-state index contributed by atoms with van der Waals surface area (Å²) in [6.07, 6.45) is -4.57. The molecular formula is C17H18ClF3N2O. The van der Waals surface area contributed by atoms with Gasteiger partial charge in [-0.3, -0.25) is 4.79 Å². The number of nitrogens with one attached hydrogen (secondary N) is 1. The van der Waals surface area contributed by atoms with Gasteiger partial charge in [0.15, 0.2) is 0 Å². The van der Waals surface area contributed by atoms with Crippen LogP contribution in [-0.2, 0) is 6.18 Å². The van der Waals surface area contributed by atoms with Gasteiger partial charge in [0.2, 0.25) is 0 Å². The minimum absolute atomic E-state index is 0.00896. The molecule has 0 aliphatic rings. The van der Waals surface area contributed by atoms with Gasteiger partial charge in [-0.15, -0.1) is 0 Å². The van der Waals surface area contributed by atoms with Gasteiger partial charge in [0.05, 0.1) is 0 Å². The van der Waals surface area contributed by atoms with Crippen LogP contribution in [0.2, 0.25) is 5.02 Å². The minimum Gasteiger partial charge on any atom is -0.346 e. The standard InChI is InChI=1S/C17H18ClF3N2O/c1-9(2)23(4)16(24)14-13(11-5-7-12(18)8-6-11)10(3)15(22-14)17(19,20)21/h5-9,22H,1-4H3. The molecule has 1 N–H and O–H groups in total. The number of amides is 1. The van der Waals surface area contributed by atoms with Crippen molar-refractivity contribution in [1.29, 1.82) is 0 Å². The Balaban J connectivity index is 2.69. The maximum Gasteiger partial charge on any atom is 0.431 e. The summed E-state index contributed by atoms with van der Waals surface area (Å²) in [4.78, 5) is 16.3. The fraction of sp³-hybridized carbons (Fsp3) is 0.353. The van der Waals surface area contributed by atoms with E-state index in [1.807, 2.05) is 0 Å². The Labute approximate surface area is 143 Å². The lowest BCUT2D eigenvalue weighted by Gasteiger charge is -2.21. The molecule has 0 bridgehead atoms. The molecule has 0 spiro atoms. The number of nitrogens with zero attached hydrogens (tertiary/aromatic N) is 1. The Kier molecular flexibility index (Phi) is 4.99. The van der Waals surface area contributed by atoms with Crippen LogP contribution in [0.5, 0.6) is 0 Å². The van der Waals surface area contributed by atoms with Crippen LogP contribution in [0.1, 0.15) is 35.6 Å². The van der Waals surface area contributed by atoms with Crippen LogP contribution in [0.25, 0.3) is 11.1 Å². The highest BCUT2D eigenvalue weighted by atomic mass is 35.5. The normalized spacial score (nSPS) is 11.9. The highest BCUT2D eigenvalue weighted by Crippen LogP contribution is 2.39. The predicted molar refractivity (Wildman–Crippen MR) is 88.2 cm³/mol. The van der Waals surface area contributed by atoms with Crippen LogP contribution < -0.4 is 0 Å². The molecule has 0 fully saturated rings. The molecule has 24 heavy (non-hydrogen) atoms. The van der Waals surface area contributed by atoms with Crippen molar-refractivity contribution >= 4 is 17.5 Å². The number of alkyl halides is 3. The van der Waals surface area contributed by atoms with E-state index in [0.717, 1.165) is 0 Å². The third-order valence-corrected chi connectivity index (χ3v) is 4.23. The van der Waals surface area contributed by atoms with Crippen LogP contribution in [0.4, 0.5) is 13.2 Å². The summed E-state index contributed by atoms with van der Waals surface area (Å²) in [6.45, 7) is 4.94. The number of aromatic amines is 1. The van der Waals surface area contributed by atoms with Crippen molar-refractivity contribution in [2.45, 2.75) is 33.0 Å². The first-order valence-electron chi connectivity index (χ1n) is 7.37. The number of carbonyl (C=O) groups excluding carboxylic acids is 1. The number of benzene rings is 1.